The van der Waals surface area contributed by atoms with E-state index in [9.17, 15) is 8.42 Å². The third-order valence-electron chi connectivity index (χ3n) is 3.51. The Labute approximate surface area is 126 Å². The number of nitrogens with zero attached hydrogens (tertiary/aromatic N) is 3. The Morgan fingerprint density at radius 1 is 1.48 bits per heavy atom. The van der Waals surface area contributed by atoms with Crippen molar-refractivity contribution >= 4 is 21.5 Å². The molecule has 0 saturated carbocycles. The quantitative estimate of drug-likeness (QED) is 0.831. The molecule has 1 atom stereocenters. The van der Waals surface area contributed by atoms with Crippen LogP contribution in [-0.4, -0.2) is 50.1 Å². The molecule has 8 heteroatoms. The number of hydrogen-bond acceptors (Lipinski definition) is 6. The van der Waals surface area contributed by atoms with Gasteiger partial charge in [-0.25, -0.2) is 13.1 Å². The summed E-state index contributed by atoms with van der Waals surface area (Å²) in [5, 5.41) is 7.82. The van der Waals surface area contributed by atoms with Crippen molar-refractivity contribution in [3.05, 3.63) is 0 Å². The van der Waals surface area contributed by atoms with E-state index in [1.165, 1.54) is 6.26 Å². The van der Waals surface area contributed by atoms with Gasteiger partial charge >= 0.3 is 0 Å². The zero-order valence-electron chi connectivity index (χ0n) is 13.1. The molecule has 0 aliphatic carbocycles. The lowest BCUT2D eigenvalue weighted by atomic mass is 10.2. The molecule has 1 aromatic heterocycles. The van der Waals surface area contributed by atoms with Gasteiger partial charge in [-0.15, -0.1) is 0 Å². The Hall–Kier alpha value is -1.28. The molecule has 3 N–H and O–H groups in total. The van der Waals surface area contributed by atoms with Crippen LogP contribution in [0.5, 0.6) is 0 Å². The maximum Gasteiger partial charge on any atom is 0.182 e. The number of nitrogens with one attached hydrogen (secondary N) is 1. The molecule has 0 radical (unpaired) electrons. The Morgan fingerprint density at radius 3 is 2.67 bits per heavy atom. The highest BCUT2D eigenvalue weighted by Crippen LogP contribution is 2.31. The lowest BCUT2D eigenvalue weighted by molar-refractivity contribution is 0.468. The monoisotopic (exact) mass is 315 g/mol. The molecule has 1 aliphatic heterocycles. The maximum atomic E-state index is 12.1. The molecule has 0 aromatic carbocycles. The highest BCUT2D eigenvalue weighted by Gasteiger charge is 2.29. The predicted molar refractivity (Wildman–Crippen MR) is 84.3 cm³/mol. The van der Waals surface area contributed by atoms with Crippen LogP contribution in [0.4, 0.5) is 11.6 Å². The van der Waals surface area contributed by atoms with E-state index in [0.717, 1.165) is 19.6 Å². The van der Waals surface area contributed by atoms with Crippen molar-refractivity contribution in [1.29, 1.82) is 0 Å². The van der Waals surface area contributed by atoms with E-state index in [4.69, 9.17) is 5.73 Å². The van der Waals surface area contributed by atoms with E-state index >= 15 is 0 Å². The molecule has 0 spiro atoms. The van der Waals surface area contributed by atoms with Gasteiger partial charge in [-0.05, 0) is 12.8 Å². The molecule has 2 heterocycles. The molecule has 1 aliphatic rings. The predicted octanol–water partition coefficient (Wildman–Crippen LogP) is 0.323. The van der Waals surface area contributed by atoms with Gasteiger partial charge in [0.15, 0.2) is 20.6 Å². The Bertz CT molecular complexity index is 608. The average Bonchev–Trinajstić information content (AvgIpc) is 2.66. The summed E-state index contributed by atoms with van der Waals surface area (Å²) in [5.74, 6) is 1.07. The van der Waals surface area contributed by atoms with Crippen molar-refractivity contribution in [2.45, 2.75) is 38.3 Å². The fourth-order valence-electron chi connectivity index (χ4n) is 2.62. The van der Waals surface area contributed by atoms with E-state index in [-0.39, 0.29) is 10.7 Å². The van der Waals surface area contributed by atoms with Crippen molar-refractivity contribution in [2.24, 2.45) is 5.92 Å². The van der Waals surface area contributed by atoms with Gasteiger partial charge in [0.05, 0.1) is 0 Å². The van der Waals surface area contributed by atoms with Crippen LogP contribution in [0.3, 0.4) is 0 Å². The third kappa shape index (κ3) is 3.49. The summed E-state index contributed by atoms with van der Waals surface area (Å²) in [6.07, 6.45) is 1.19. The van der Waals surface area contributed by atoms with Crippen LogP contribution in [0.15, 0.2) is 4.90 Å². The van der Waals surface area contributed by atoms with Crippen LogP contribution in [0.25, 0.3) is 0 Å². The first kappa shape index (κ1) is 16.1. The zero-order chi connectivity index (χ0) is 15.8. The first-order chi connectivity index (χ1) is 9.70. The molecular weight excluding hydrogens is 290 g/mol. The summed E-state index contributed by atoms with van der Waals surface area (Å²) < 4.78 is 25.9. The van der Waals surface area contributed by atoms with Crippen LogP contribution in [-0.2, 0) is 16.4 Å². The minimum absolute atomic E-state index is 0.164. The Balaban J connectivity index is 2.48. The molecule has 7 nitrogen and oxygen atoms in total. The zero-order valence-corrected chi connectivity index (χ0v) is 13.9. The fourth-order valence-corrected chi connectivity index (χ4v) is 3.60. The van der Waals surface area contributed by atoms with Gasteiger partial charge in [-0.1, -0.05) is 13.8 Å². The van der Waals surface area contributed by atoms with Crippen molar-refractivity contribution in [1.82, 2.24) is 15.1 Å². The van der Waals surface area contributed by atoms with Crippen LogP contribution < -0.4 is 16.0 Å². The molecule has 120 valence electrons. The molecule has 0 unspecified atom stereocenters. The van der Waals surface area contributed by atoms with E-state index < -0.39 is 9.84 Å². The SMILES string of the molecule is CC(C)Cn1nc(N2CCN[C@H](C)C2)c(S(C)(=O)=O)c1N. The summed E-state index contributed by atoms with van der Waals surface area (Å²) in [5.41, 5.74) is 6.06. The summed E-state index contributed by atoms with van der Waals surface area (Å²) in [6.45, 7) is 9.03. The van der Waals surface area contributed by atoms with Gasteiger partial charge in [0.25, 0.3) is 0 Å². The second kappa shape index (κ2) is 5.84. The number of aromatic nitrogens is 2. The van der Waals surface area contributed by atoms with E-state index in [2.05, 4.69) is 17.3 Å². The highest BCUT2D eigenvalue weighted by atomic mass is 32.2. The Morgan fingerprint density at radius 2 is 2.14 bits per heavy atom. The fraction of sp³-hybridized carbons (Fsp3) is 0.769. The Kier molecular flexibility index (Phi) is 4.48. The van der Waals surface area contributed by atoms with Crippen LogP contribution in [0.2, 0.25) is 0 Å². The van der Waals surface area contributed by atoms with Crippen LogP contribution in [0, 0.1) is 5.92 Å². The molecule has 0 bridgehead atoms. The first-order valence-corrected chi connectivity index (χ1v) is 9.14. The summed E-state index contributed by atoms with van der Waals surface area (Å²) >= 11 is 0. The molecule has 21 heavy (non-hydrogen) atoms. The third-order valence-corrected chi connectivity index (χ3v) is 4.64. The molecule has 1 saturated heterocycles. The molecule has 2 rings (SSSR count). The van der Waals surface area contributed by atoms with Crippen molar-refractivity contribution in [3.63, 3.8) is 0 Å². The van der Waals surface area contributed by atoms with Gasteiger partial charge in [-0.3, -0.25) is 0 Å². The summed E-state index contributed by atoms with van der Waals surface area (Å²) in [6, 6.07) is 0.294. The number of nitrogen functional groups attached to an aromatic ring is 1. The lowest BCUT2D eigenvalue weighted by Crippen LogP contribution is -2.49. The highest BCUT2D eigenvalue weighted by molar-refractivity contribution is 7.91. The van der Waals surface area contributed by atoms with Gasteiger partial charge in [0, 0.05) is 38.5 Å². The van der Waals surface area contributed by atoms with Gasteiger partial charge in [-0.2, -0.15) is 5.10 Å². The second-order valence-corrected chi connectivity index (χ2v) is 8.14. The van der Waals surface area contributed by atoms with Crippen LogP contribution in [0.1, 0.15) is 20.8 Å². The topological polar surface area (TPSA) is 93.2 Å². The molecule has 1 fully saturated rings. The van der Waals surface area contributed by atoms with Gasteiger partial charge < -0.3 is 16.0 Å². The molecule has 0 amide bonds. The summed E-state index contributed by atoms with van der Waals surface area (Å²) in [4.78, 5) is 2.17. The average molecular weight is 315 g/mol. The summed E-state index contributed by atoms with van der Waals surface area (Å²) in [7, 11) is -3.42. The maximum absolute atomic E-state index is 12.1. The molecular formula is C13H25N5O2S. The van der Waals surface area contributed by atoms with Crippen molar-refractivity contribution in [3.8, 4) is 0 Å². The number of nitrogens with two attached hydrogens (primary N) is 1. The number of anilines is 2. The van der Waals surface area contributed by atoms with Crippen molar-refractivity contribution in [2.75, 3.05) is 36.5 Å². The standard InChI is InChI=1S/C13H25N5O2S/c1-9(2)7-18-12(14)11(21(4,19)20)13(16-18)17-6-5-15-10(3)8-17/h9-10,15H,5-8,14H2,1-4H3/t10-/m1/s1. The number of hydrogen-bond donors (Lipinski definition) is 2. The van der Waals surface area contributed by atoms with E-state index in [1.807, 2.05) is 18.7 Å². The van der Waals surface area contributed by atoms with Crippen LogP contribution >= 0.6 is 0 Å². The lowest BCUT2D eigenvalue weighted by Gasteiger charge is -2.32. The first-order valence-electron chi connectivity index (χ1n) is 7.24. The number of piperazine rings is 1. The minimum atomic E-state index is -3.42. The van der Waals surface area contributed by atoms with Gasteiger partial charge in [0.2, 0.25) is 0 Å². The van der Waals surface area contributed by atoms with Gasteiger partial charge in [0.1, 0.15) is 5.82 Å². The smallest absolute Gasteiger partial charge is 0.182 e. The van der Waals surface area contributed by atoms with Crippen molar-refractivity contribution < 1.29 is 8.42 Å². The number of sulfone groups is 1. The second-order valence-electron chi connectivity index (χ2n) is 6.19. The van der Waals surface area contributed by atoms with E-state index in [0.29, 0.717) is 24.3 Å². The van der Waals surface area contributed by atoms with E-state index in [1.54, 1.807) is 4.68 Å². The largest absolute Gasteiger partial charge is 0.383 e. The normalized spacial score (nSPS) is 20.2. The number of rotatable bonds is 4. The minimum Gasteiger partial charge on any atom is -0.383 e. The molecule has 1 aromatic rings.